The molecule has 0 bridgehead atoms. The number of thioether (sulfide) groups is 1. The van der Waals surface area contributed by atoms with Gasteiger partial charge in [-0.25, -0.2) is 9.79 Å². The lowest BCUT2D eigenvalue weighted by Crippen LogP contribution is -2.15. The maximum Gasteiger partial charge on any atom is 0.337 e. The van der Waals surface area contributed by atoms with Crippen LogP contribution in [-0.4, -0.2) is 17.6 Å². The van der Waals surface area contributed by atoms with Crippen LogP contribution in [0.25, 0.3) is 5.70 Å². The number of carbonyl (C=O) groups is 1. The van der Waals surface area contributed by atoms with E-state index >= 15 is 0 Å². The predicted molar refractivity (Wildman–Crippen MR) is 82.7 cm³/mol. The van der Waals surface area contributed by atoms with E-state index in [1.165, 1.54) is 11.8 Å². The number of hydrogen-bond acceptors (Lipinski definition) is 4. The number of nitrogens with zero attached hydrogens (tertiary/aromatic N) is 1. The maximum atomic E-state index is 12.2. The maximum absolute atomic E-state index is 12.2. The Bertz CT molecular complexity index is 664. The van der Waals surface area contributed by atoms with Crippen LogP contribution in [0.4, 0.5) is 0 Å². The molecule has 1 atom stereocenters. The minimum atomic E-state index is -0.321. The Morgan fingerprint density at radius 2 is 2.25 bits per heavy atom. The molecule has 1 aromatic rings. The number of carbonyl (C=O) groups excluding carboxylic acids is 1. The number of allylic oxidation sites excluding steroid dienone is 1. The van der Waals surface area contributed by atoms with Crippen LogP contribution in [0.15, 0.2) is 46.3 Å². The van der Waals surface area contributed by atoms with Gasteiger partial charge in [0.2, 0.25) is 0 Å². The van der Waals surface area contributed by atoms with Gasteiger partial charge in [0.15, 0.2) is 0 Å². The average Bonchev–Trinajstić information content (AvgIpc) is 2.99. The van der Waals surface area contributed by atoms with Gasteiger partial charge in [-0.1, -0.05) is 47.6 Å². The molecule has 2 aliphatic rings. The molecule has 3 rings (SSSR count). The second kappa shape index (κ2) is 5.46. The first kappa shape index (κ1) is 13.5. The fourth-order valence-corrected chi connectivity index (χ4v) is 3.35. The topological polar surface area (TPSA) is 38.7 Å². The third-order valence-electron chi connectivity index (χ3n) is 3.14. The number of halogens is 1. The first-order chi connectivity index (χ1) is 9.72. The van der Waals surface area contributed by atoms with E-state index in [0.717, 1.165) is 10.6 Å². The Morgan fingerprint density at radius 3 is 3.00 bits per heavy atom. The SMILES string of the molecule is CCOC(=O)C1=C(c2ccccc2Cl)N=C2SC=CC21. The molecule has 0 saturated heterocycles. The van der Waals surface area contributed by atoms with Gasteiger partial charge in [-0.2, -0.15) is 0 Å². The van der Waals surface area contributed by atoms with Crippen molar-refractivity contribution in [2.75, 3.05) is 6.61 Å². The molecule has 0 N–H and O–H groups in total. The number of esters is 1. The summed E-state index contributed by atoms with van der Waals surface area (Å²) in [5.74, 6) is -0.413. The van der Waals surface area contributed by atoms with Gasteiger partial charge in [-0.15, -0.1) is 0 Å². The van der Waals surface area contributed by atoms with Gasteiger partial charge in [0.25, 0.3) is 0 Å². The zero-order chi connectivity index (χ0) is 14.1. The lowest BCUT2D eigenvalue weighted by molar-refractivity contribution is -0.138. The van der Waals surface area contributed by atoms with Crippen LogP contribution >= 0.6 is 23.4 Å². The smallest absolute Gasteiger partial charge is 0.337 e. The van der Waals surface area contributed by atoms with Gasteiger partial charge in [0, 0.05) is 10.6 Å². The monoisotopic (exact) mass is 305 g/mol. The van der Waals surface area contributed by atoms with Crippen LogP contribution in [0.1, 0.15) is 12.5 Å². The number of fused-ring (bicyclic) bond motifs is 1. The summed E-state index contributed by atoms with van der Waals surface area (Å²) in [6.45, 7) is 2.14. The van der Waals surface area contributed by atoms with Crippen molar-refractivity contribution in [3.05, 3.63) is 51.9 Å². The van der Waals surface area contributed by atoms with Gasteiger partial charge < -0.3 is 4.74 Å². The molecule has 1 aromatic carbocycles. The van der Waals surface area contributed by atoms with Gasteiger partial charge in [-0.3, -0.25) is 0 Å². The standard InChI is InChI=1S/C15H12ClNO2S/c1-2-19-15(18)12-10-7-8-20-14(10)17-13(12)9-5-3-4-6-11(9)16/h3-8,10H,2H2,1H3. The first-order valence-corrected chi connectivity index (χ1v) is 7.56. The van der Waals surface area contributed by atoms with Gasteiger partial charge in [0.05, 0.1) is 28.8 Å². The lowest BCUT2D eigenvalue weighted by Gasteiger charge is -2.10. The zero-order valence-corrected chi connectivity index (χ0v) is 12.4. The molecule has 0 aromatic heterocycles. The molecule has 2 heterocycles. The number of benzene rings is 1. The second-order valence-electron chi connectivity index (χ2n) is 4.34. The summed E-state index contributed by atoms with van der Waals surface area (Å²) in [5, 5.41) is 3.44. The molecular formula is C15H12ClNO2S. The van der Waals surface area contributed by atoms with Crippen LogP contribution in [-0.2, 0) is 9.53 Å². The van der Waals surface area contributed by atoms with Crippen LogP contribution in [0.5, 0.6) is 0 Å². The molecule has 1 unspecified atom stereocenters. The third-order valence-corrected chi connectivity index (χ3v) is 4.35. The Kier molecular flexibility index (Phi) is 3.68. The van der Waals surface area contributed by atoms with E-state index in [9.17, 15) is 4.79 Å². The fourth-order valence-electron chi connectivity index (χ4n) is 2.27. The average molecular weight is 306 g/mol. The van der Waals surface area contributed by atoms with E-state index < -0.39 is 0 Å². The lowest BCUT2D eigenvalue weighted by atomic mass is 9.98. The zero-order valence-electron chi connectivity index (χ0n) is 10.8. The summed E-state index contributed by atoms with van der Waals surface area (Å²) in [6, 6.07) is 7.41. The van der Waals surface area contributed by atoms with E-state index in [1.54, 1.807) is 13.0 Å². The van der Waals surface area contributed by atoms with Gasteiger partial charge in [-0.05, 0) is 18.4 Å². The molecule has 0 aliphatic carbocycles. The van der Waals surface area contributed by atoms with Crippen molar-refractivity contribution >= 4 is 40.1 Å². The van der Waals surface area contributed by atoms with Crippen LogP contribution in [0, 0.1) is 5.92 Å². The summed E-state index contributed by atoms with van der Waals surface area (Å²) in [6.07, 6.45) is 1.97. The number of rotatable bonds is 3. The van der Waals surface area contributed by atoms with Crippen LogP contribution in [0.2, 0.25) is 5.02 Å². The summed E-state index contributed by atoms with van der Waals surface area (Å²) in [5.41, 5.74) is 1.98. The highest BCUT2D eigenvalue weighted by Crippen LogP contribution is 2.43. The van der Waals surface area contributed by atoms with Crippen molar-refractivity contribution in [2.45, 2.75) is 6.92 Å². The molecule has 0 spiro atoms. The van der Waals surface area contributed by atoms with E-state index in [2.05, 4.69) is 4.99 Å². The molecule has 0 amide bonds. The normalized spacial score (nSPS) is 20.1. The van der Waals surface area contributed by atoms with E-state index in [1.807, 2.05) is 29.7 Å². The highest BCUT2D eigenvalue weighted by atomic mass is 35.5. The van der Waals surface area contributed by atoms with E-state index in [4.69, 9.17) is 16.3 Å². The molecule has 0 radical (unpaired) electrons. The molecule has 0 fully saturated rings. The molecular weight excluding hydrogens is 294 g/mol. The minimum Gasteiger partial charge on any atom is -0.463 e. The Balaban J connectivity index is 2.12. The van der Waals surface area contributed by atoms with Gasteiger partial charge in [0.1, 0.15) is 0 Å². The largest absolute Gasteiger partial charge is 0.463 e. The highest BCUT2D eigenvalue weighted by molar-refractivity contribution is 8.16. The molecule has 5 heteroatoms. The van der Waals surface area contributed by atoms with Crippen LogP contribution < -0.4 is 0 Å². The summed E-state index contributed by atoms with van der Waals surface area (Å²) in [7, 11) is 0. The van der Waals surface area contributed by atoms with Crippen LogP contribution in [0.3, 0.4) is 0 Å². The number of ether oxygens (including phenoxy) is 1. The third kappa shape index (κ3) is 2.19. The first-order valence-electron chi connectivity index (χ1n) is 6.30. The van der Waals surface area contributed by atoms with Crippen molar-refractivity contribution in [2.24, 2.45) is 10.9 Å². The van der Waals surface area contributed by atoms with Crippen molar-refractivity contribution in [1.82, 2.24) is 0 Å². The molecule has 2 aliphatic heterocycles. The summed E-state index contributed by atoms with van der Waals surface area (Å²) in [4.78, 5) is 16.8. The van der Waals surface area contributed by atoms with Gasteiger partial charge >= 0.3 is 5.97 Å². The predicted octanol–water partition coefficient (Wildman–Crippen LogP) is 3.90. The Hall–Kier alpha value is -1.52. The second-order valence-corrected chi connectivity index (χ2v) is 5.67. The number of hydrogen-bond donors (Lipinski definition) is 0. The minimum absolute atomic E-state index is 0.0923. The summed E-state index contributed by atoms with van der Waals surface area (Å²) < 4.78 is 5.17. The summed E-state index contributed by atoms with van der Waals surface area (Å²) >= 11 is 7.76. The number of aliphatic imine (C=N–C) groups is 1. The van der Waals surface area contributed by atoms with Crippen molar-refractivity contribution in [1.29, 1.82) is 0 Å². The quantitative estimate of drug-likeness (QED) is 0.795. The Labute approximate surface area is 126 Å². The van der Waals surface area contributed by atoms with Crippen molar-refractivity contribution in [3.63, 3.8) is 0 Å². The van der Waals surface area contributed by atoms with Crippen molar-refractivity contribution < 1.29 is 9.53 Å². The fraction of sp³-hybridized carbons (Fsp3) is 0.200. The van der Waals surface area contributed by atoms with Crippen molar-refractivity contribution in [3.8, 4) is 0 Å². The van der Waals surface area contributed by atoms with E-state index in [0.29, 0.717) is 22.9 Å². The molecule has 0 saturated carbocycles. The highest BCUT2D eigenvalue weighted by Gasteiger charge is 2.36. The molecule has 102 valence electrons. The molecule has 3 nitrogen and oxygen atoms in total. The Morgan fingerprint density at radius 1 is 1.45 bits per heavy atom. The molecule has 20 heavy (non-hydrogen) atoms. The van der Waals surface area contributed by atoms with E-state index in [-0.39, 0.29) is 11.9 Å².